The lowest BCUT2D eigenvalue weighted by molar-refractivity contribution is 0.147. The number of aromatic nitrogens is 2. The summed E-state index contributed by atoms with van der Waals surface area (Å²) in [6.07, 6.45) is 5.36. The molecule has 6 heteroatoms. The molecular weight excluding hydrogens is 342 g/mol. The van der Waals surface area contributed by atoms with Gasteiger partial charge in [0.25, 0.3) is 0 Å². The SMILES string of the molecule is CN1CCN(C2CCC(CN(C)c3ccc(Br)nn3)CC2)C1. The van der Waals surface area contributed by atoms with Gasteiger partial charge >= 0.3 is 0 Å². The second-order valence-corrected chi connectivity index (χ2v) is 7.62. The van der Waals surface area contributed by atoms with Gasteiger partial charge in [0.2, 0.25) is 0 Å². The van der Waals surface area contributed by atoms with Gasteiger partial charge in [-0.2, -0.15) is 0 Å². The molecule has 1 saturated heterocycles. The first-order valence-electron chi connectivity index (χ1n) is 8.25. The van der Waals surface area contributed by atoms with Gasteiger partial charge in [0, 0.05) is 32.7 Å². The molecule has 1 aromatic heterocycles. The molecule has 0 radical (unpaired) electrons. The minimum atomic E-state index is 0.784. The molecule has 5 nitrogen and oxygen atoms in total. The third kappa shape index (κ3) is 3.97. The Labute approximate surface area is 141 Å². The van der Waals surface area contributed by atoms with Crippen LogP contribution in [0.2, 0.25) is 0 Å². The molecule has 0 N–H and O–H groups in total. The van der Waals surface area contributed by atoms with Crippen LogP contribution < -0.4 is 4.90 Å². The highest BCUT2D eigenvalue weighted by Crippen LogP contribution is 2.29. The molecule has 122 valence electrons. The van der Waals surface area contributed by atoms with E-state index in [-0.39, 0.29) is 0 Å². The summed E-state index contributed by atoms with van der Waals surface area (Å²) in [5.41, 5.74) is 0. The Morgan fingerprint density at radius 3 is 2.55 bits per heavy atom. The second kappa shape index (κ2) is 7.23. The first-order valence-corrected chi connectivity index (χ1v) is 9.04. The number of hydrogen-bond acceptors (Lipinski definition) is 5. The Morgan fingerprint density at radius 2 is 1.95 bits per heavy atom. The quantitative estimate of drug-likeness (QED) is 0.816. The molecule has 1 aliphatic heterocycles. The van der Waals surface area contributed by atoms with Gasteiger partial charge in [-0.3, -0.25) is 9.80 Å². The number of likely N-dealkylation sites (N-methyl/N-ethyl adjacent to an activating group) is 1. The minimum absolute atomic E-state index is 0.784. The third-order valence-corrected chi connectivity index (χ3v) is 5.49. The Balaban J connectivity index is 1.46. The van der Waals surface area contributed by atoms with E-state index in [9.17, 15) is 0 Å². The molecular formula is C16H26BrN5. The van der Waals surface area contributed by atoms with Crippen molar-refractivity contribution >= 4 is 21.7 Å². The highest BCUT2D eigenvalue weighted by molar-refractivity contribution is 9.10. The van der Waals surface area contributed by atoms with Crippen LogP contribution >= 0.6 is 15.9 Å². The van der Waals surface area contributed by atoms with Crippen LogP contribution in [0.1, 0.15) is 25.7 Å². The van der Waals surface area contributed by atoms with Gasteiger partial charge in [-0.05, 0) is 66.7 Å². The molecule has 2 fully saturated rings. The number of halogens is 1. The zero-order valence-corrected chi connectivity index (χ0v) is 15.2. The molecule has 0 spiro atoms. The molecule has 0 atom stereocenters. The largest absolute Gasteiger partial charge is 0.358 e. The second-order valence-electron chi connectivity index (χ2n) is 6.80. The van der Waals surface area contributed by atoms with Crippen LogP contribution in [0.15, 0.2) is 16.7 Å². The summed E-state index contributed by atoms with van der Waals surface area (Å²) in [4.78, 5) is 7.33. The average molecular weight is 368 g/mol. The fourth-order valence-corrected chi connectivity index (χ4v) is 3.95. The molecule has 1 aromatic rings. The lowest BCUT2D eigenvalue weighted by Crippen LogP contribution is -2.39. The predicted molar refractivity (Wildman–Crippen MR) is 93.0 cm³/mol. The van der Waals surface area contributed by atoms with Crippen molar-refractivity contribution in [2.24, 2.45) is 5.92 Å². The fourth-order valence-electron chi connectivity index (χ4n) is 3.73. The lowest BCUT2D eigenvalue weighted by atomic mass is 9.85. The standard InChI is InChI=1S/C16H26BrN5/c1-20-9-10-22(12-20)14-5-3-13(4-6-14)11-21(2)16-8-7-15(17)18-19-16/h7-8,13-14H,3-6,9-12H2,1-2H3. The van der Waals surface area contributed by atoms with Gasteiger partial charge in [0.15, 0.2) is 5.82 Å². The molecule has 0 unspecified atom stereocenters. The van der Waals surface area contributed by atoms with Crippen LogP contribution in [0.25, 0.3) is 0 Å². The van der Waals surface area contributed by atoms with Crippen LogP contribution in [-0.4, -0.2) is 66.4 Å². The third-order valence-electron chi connectivity index (χ3n) is 5.07. The van der Waals surface area contributed by atoms with E-state index in [0.29, 0.717) is 0 Å². The predicted octanol–water partition coefficient (Wildman–Crippen LogP) is 2.44. The molecule has 0 amide bonds. The monoisotopic (exact) mass is 367 g/mol. The van der Waals surface area contributed by atoms with Gasteiger partial charge < -0.3 is 4.90 Å². The van der Waals surface area contributed by atoms with Gasteiger partial charge in [-0.25, -0.2) is 0 Å². The van der Waals surface area contributed by atoms with Crippen molar-refractivity contribution in [3.8, 4) is 0 Å². The fraction of sp³-hybridized carbons (Fsp3) is 0.750. The first kappa shape index (κ1) is 16.1. The molecule has 3 rings (SSSR count). The van der Waals surface area contributed by atoms with Gasteiger partial charge in [-0.1, -0.05) is 0 Å². The highest BCUT2D eigenvalue weighted by Gasteiger charge is 2.29. The molecule has 0 bridgehead atoms. The van der Waals surface area contributed by atoms with E-state index in [1.165, 1.54) is 38.8 Å². The Bertz CT molecular complexity index is 472. The van der Waals surface area contributed by atoms with Gasteiger partial charge in [-0.15, -0.1) is 10.2 Å². The molecule has 0 aromatic carbocycles. The van der Waals surface area contributed by atoms with Crippen LogP contribution in [-0.2, 0) is 0 Å². The average Bonchev–Trinajstić information content (AvgIpc) is 2.95. The van der Waals surface area contributed by atoms with E-state index in [1.807, 2.05) is 12.1 Å². The normalized spacial score (nSPS) is 27.2. The number of rotatable bonds is 4. The molecule has 22 heavy (non-hydrogen) atoms. The van der Waals surface area contributed by atoms with Crippen molar-refractivity contribution in [1.29, 1.82) is 0 Å². The Kier molecular flexibility index (Phi) is 5.31. The summed E-state index contributed by atoms with van der Waals surface area (Å²) in [7, 11) is 4.35. The zero-order chi connectivity index (χ0) is 15.5. The summed E-state index contributed by atoms with van der Waals surface area (Å²) in [6.45, 7) is 4.72. The molecule has 2 heterocycles. The van der Waals surface area contributed by atoms with E-state index in [2.05, 4.69) is 54.9 Å². The van der Waals surface area contributed by atoms with Crippen molar-refractivity contribution in [1.82, 2.24) is 20.0 Å². The number of anilines is 1. The topological polar surface area (TPSA) is 35.5 Å². The maximum absolute atomic E-state index is 4.25. The van der Waals surface area contributed by atoms with Crippen LogP contribution in [0.4, 0.5) is 5.82 Å². The zero-order valence-electron chi connectivity index (χ0n) is 13.6. The minimum Gasteiger partial charge on any atom is -0.358 e. The first-order chi connectivity index (χ1) is 10.6. The van der Waals surface area contributed by atoms with E-state index >= 15 is 0 Å². The summed E-state index contributed by atoms with van der Waals surface area (Å²) >= 11 is 3.34. The van der Waals surface area contributed by atoms with Crippen molar-refractivity contribution < 1.29 is 0 Å². The van der Waals surface area contributed by atoms with Crippen molar-refractivity contribution in [3.05, 3.63) is 16.7 Å². The highest BCUT2D eigenvalue weighted by atomic mass is 79.9. The maximum atomic E-state index is 4.25. The number of hydrogen-bond donors (Lipinski definition) is 0. The van der Waals surface area contributed by atoms with E-state index < -0.39 is 0 Å². The summed E-state index contributed by atoms with van der Waals surface area (Å²) in [5.74, 6) is 1.75. The van der Waals surface area contributed by atoms with Crippen molar-refractivity contribution in [3.63, 3.8) is 0 Å². The Hall–Kier alpha value is -0.720. The van der Waals surface area contributed by atoms with Crippen molar-refractivity contribution in [2.45, 2.75) is 31.7 Å². The van der Waals surface area contributed by atoms with Crippen molar-refractivity contribution in [2.75, 3.05) is 45.3 Å². The summed E-state index contributed by atoms with van der Waals surface area (Å²) < 4.78 is 0.792. The molecule has 1 aliphatic carbocycles. The van der Waals surface area contributed by atoms with Crippen LogP contribution in [0.3, 0.4) is 0 Å². The van der Waals surface area contributed by atoms with Gasteiger partial charge in [0.05, 0.1) is 6.67 Å². The maximum Gasteiger partial charge on any atom is 0.151 e. The summed E-state index contributed by atoms with van der Waals surface area (Å²) in [5, 5.41) is 8.32. The van der Waals surface area contributed by atoms with E-state index in [1.54, 1.807) is 0 Å². The van der Waals surface area contributed by atoms with Crippen LogP contribution in [0, 0.1) is 5.92 Å². The number of nitrogens with zero attached hydrogens (tertiary/aromatic N) is 5. The summed E-state index contributed by atoms with van der Waals surface area (Å²) in [6, 6.07) is 4.79. The Morgan fingerprint density at radius 1 is 1.18 bits per heavy atom. The van der Waals surface area contributed by atoms with E-state index in [0.717, 1.165) is 35.6 Å². The molecule has 2 aliphatic rings. The smallest absolute Gasteiger partial charge is 0.151 e. The van der Waals surface area contributed by atoms with E-state index in [4.69, 9.17) is 0 Å². The van der Waals surface area contributed by atoms with Crippen LogP contribution in [0.5, 0.6) is 0 Å². The van der Waals surface area contributed by atoms with Gasteiger partial charge in [0.1, 0.15) is 4.60 Å². The molecule has 1 saturated carbocycles. The lowest BCUT2D eigenvalue weighted by Gasteiger charge is -2.35.